The van der Waals surface area contributed by atoms with Gasteiger partial charge in [-0.25, -0.2) is 17.6 Å². The smallest absolute Gasteiger partial charge is 0.469 e. The van der Waals surface area contributed by atoms with Crippen LogP contribution in [0.25, 0.3) is 28.1 Å². The van der Waals surface area contributed by atoms with Crippen LogP contribution in [0.2, 0.25) is 0 Å². The van der Waals surface area contributed by atoms with Crippen LogP contribution in [-0.2, 0) is 17.6 Å². The van der Waals surface area contributed by atoms with E-state index in [4.69, 9.17) is 0 Å². The third kappa shape index (κ3) is 7.26. The summed E-state index contributed by atoms with van der Waals surface area (Å²) in [5.41, 5.74) is 1.16. The molecule has 4 aromatic rings. The van der Waals surface area contributed by atoms with Gasteiger partial charge >= 0.3 is 12.4 Å². The number of rotatable bonds is 9. The third-order valence-corrected chi connectivity index (χ3v) is 6.21. The van der Waals surface area contributed by atoms with Crippen LogP contribution in [0, 0.1) is 23.3 Å². The molecule has 0 spiro atoms. The monoisotopic (exact) mass is 596 g/mol. The zero-order valence-corrected chi connectivity index (χ0v) is 21.8. The van der Waals surface area contributed by atoms with Crippen molar-refractivity contribution in [3.05, 3.63) is 119 Å². The summed E-state index contributed by atoms with van der Waals surface area (Å²) >= 11 is 0. The summed E-state index contributed by atoms with van der Waals surface area (Å²) in [5, 5.41) is 0. The molecule has 4 rings (SSSR count). The maximum Gasteiger partial charge on any atom is 0.573 e. The van der Waals surface area contributed by atoms with Crippen molar-refractivity contribution in [2.45, 2.75) is 26.1 Å². The summed E-state index contributed by atoms with van der Waals surface area (Å²) in [6.07, 6.45) is -4.95. The molecular formula is C31H21F9O2. The van der Waals surface area contributed by atoms with E-state index in [-0.39, 0.29) is 36.1 Å². The maximum atomic E-state index is 14.9. The molecule has 11 heteroatoms. The van der Waals surface area contributed by atoms with Gasteiger partial charge in [-0.1, -0.05) is 48.5 Å². The van der Waals surface area contributed by atoms with E-state index in [9.17, 15) is 39.5 Å². The van der Waals surface area contributed by atoms with E-state index in [1.54, 1.807) is 6.07 Å². The Morgan fingerprint density at radius 3 is 1.86 bits per heavy atom. The molecule has 0 aromatic heterocycles. The third-order valence-electron chi connectivity index (χ3n) is 6.21. The molecule has 0 aliphatic heterocycles. The van der Waals surface area contributed by atoms with Gasteiger partial charge in [-0.3, -0.25) is 0 Å². The Morgan fingerprint density at radius 2 is 1.29 bits per heavy atom. The molecule has 4 aromatic carbocycles. The molecule has 2 nitrogen and oxygen atoms in total. The van der Waals surface area contributed by atoms with E-state index in [2.05, 4.69) is 9.47 Å². The van der Waals surface area contributed by atoms with Gasteiger partial charge in [-0.2, -0.15) is 8.78 Å². The Hall–Kier alpha value is -4.41. The summed E-state index contributed by atoms with van der Waals surface area (Å²) in [6.45, 7) is 1.48. The molecule has 220 valence electrons. The van der Waals surface area contributed by atoms with Crippen molar-refractivity contribution in [3.63, 3.8) is 0 Å². The van der Waals surface area contributed by atoms with Crippen LogP contribution in [0.5, 0.6) is 5.75 Å². The lowest BCUT2D eigenvalue weighted by atomic mass is 9.97. The molecular weight excluding hydrogens is 575 g/mol. The van der Waals surface area contributed by atoms with Crippen LogP contribution in [-0.4, -0.2) is 13.0 Å². The Balaban J connectivity index is 1.45. The molecule has 0 aliphatic carbocycles. The molecule has 0 saturated heterocycles. The molecule has 0 saturated carbocycles. The molecule has 0 bridgehead atoms. The fourth-order valence-corrected chi connectivity index (χ4v) is 4.20. The normalized spacial score (nSPS) is 12.2. The van der Waals surface area contributed by atoms with Crippen LogP contribution in [0.15, 0.2) is 78.8 Å². The Labute approximate surface area is 234 Å². The zero-order chi connectivity index (χ0) is 30.6. The Kier molecular flexibility index (Phi) is 9.18. The maximum absolute atomic E-state index is 14.9. The second kappa shape index (κ2) is 12.6. The van der Waals surface area contributed by atoms with Crippen LogP contribution in [0.3, 0.4) is 0 Å². The highest BCUT2D eigenvalue weighted by Gasteiger charge is 2.34. The molecule has 0 N–H and O–H groups in total. The van der Waals surface area contributed by atoms with E-state index in [1.165, 1.54) is 55.5 Å². The first kappa shape index (κ1) is 30.5. The van der Waals surface area contributed by atoms with Gasteiger partial charge in [0.1, 0.15) is 11.6 Å². The first-order valence-electron chi connectivity index (χ1n) is 12.5. The minimum absolute atomic E-state index is 0.0345. The molecule has 0 atom stereocenters. The van der Waals surface area contributed by atoms with Gasteiger partial charge in [0.15, 0.2) is 11.6 Å². The lowest BCUT2D eigenvalue weighted by Crippen LogP contribution is -2.19. The highest BCUT2D eigenvalue weighted by atomic mass is 19.4. The van der Waals surface area contributed by atoms with Gasteiger partial charge < -0.3 is 9.47 Å². The Bertz CT molecular complexity index is 1590. The van der Waals surface area contributed by atoms with Crippen LogP contribution in [0.1, 0.15) is 23.6 Å². The standard InChI is InChI=1S/C31H21F9O2/c1-2-41-30(37)28(36)20-9-6-18(7-10-20)21-11-8-19(24(32)14-21)5-3-17-4-12-23(25(33)13-17)22-15-26(34)29(27(35)16-22)42-31(38,39)40/h4,6-16H,2-3,5H2,1H3. The second-order valence-electron chi connectivity index (χ2n) is 9.04. The predicted octanol–water partition coefficient (Wildman–Crippen LogP) is 9.86. The first-order valence-corrected chi connectivity index (χ1v) is 12.5. The summed E-state index contributed by atoms with van der Waals surface area (Å²) in [6, 6.07) is 13.6. The van der Waals surface area contributed by atoms with Gasteiger partial charge in [0.25, 0.3) is 0 Å². The number of aryl methyl sites for hydroxylation is 2. The number of halogens is 9. The molecule has 0 heterocycles. The first-order chi connectivity index (χ1) is 19.9. The van der Waals surface area contributed by atoms with Crippen molar-refractivity contribution < 1.29 is 49.0 Å². The van der Waals surface area contributed by atoms with Crippen LogP contribution >= 0.6 is 0 Å². The van der Waals surface area contributed by atoms with E-state index < -0.39 is 47.2 Å². The van der Waals surface area contributed by atoms with Crippen molar-refractivity contribution in [1.29, 1.82) is 0 Å². The van der Waals surface area contributed by atoms with Gasteiger partial charge in [0.05, 0.1) is 6.61 Å². The quantitative estimate of drug-likeness (QED) is 0.141. The van der Waals surface area contributed by atoms with Gasteiger partial charge in [0, 0.05) is 11.1 Å². The zero-order valence-electron chi connectivity index (χ0n) is 21.8. The largest absolute Gasteiger partial charge is 0.573 e. The van der Waals surface area contributed by atoms with Crippen molar-refractivity contribution in [3.8, 4) is 28.0 Å². The average Bonchev–Trinajstić information content (AvgIpc) is 2.93. The summed E-state index contributed by atoms with van der Waals surface area (Å²) < 4.78 is 130. The predicted molar refractivity (Wildman–Crippen MR) is 138 cm³/mol. The molecule has 0 unspecified atom stereocenters. The van der Waals surface area contributed by atoms with Crippen molar-refractivity contribution in [1.82, 2.24) is 0 Å². The minimum atomic E-state index is -5.31. The van der Waals surface area contributed by atoms with Gasteiger partial charge in [0.2, 0.25) is 11.6 Å². The second-order valence-corrected chi connectivity index (χ2v) is 9.04. The van der Waals surface area contributed by atoms with Crippen LogP contribution < -0.4 is 4.74 Å². The Morgan fingerprint density at radius 1 is 0.667 bits per heavy atom. The SMILES string of the molecule is CCOC(F)=C(F)c1ccc(-c2ccc(CCc3ccc(-c4cc(F)c(OC(F)(F)F)c(F)c4)c(F)c3)c(F)c2)cc1. The molecule has 0 radical (unpaired) electrons. The number of hydrogen-bond acceptors (Lipinski definition) is 2. The number of alkyl halides is 3. The van der Waals surface area contributed by atoms with E-state index in [0.29, 0.717) is 34.4 Å². The average molecular weight is 596 g/mol. The van der Waals surface area contributed by atoms with Crippen molar-refractivity contribution in [2.75, 3.05) is 6.61 Å². The number of hydrogen-bond donors (Lipinski definition) is 0. The van der Waals surface area contributed by atoms with E-state index in [1.807, 2.05) is 0 Å². The fourth-order valence-electron chi connectivity index (χ4n) is 4.20. The summed E-state index contributed by atoms with van der Waals surface area (Å²) in [4.78, 5) is 0. The summed E-state index contributed by atoms with van der Waals surface area (Å²) in [5.74, 6) is -7.54. The van der Waals surface area contributed by atoms with Gasteiger partial charge in [-0.05, 0) is 71.8 Å². The lowest BCUT2D eigenvalue weighted by molar-refractivity contribution is -0.276. The minimum Gasteiger partial charge on any atom is -0.469 e. The van der Waals surface area contributed by atoms with E-state index in [0.717, 1.165) is 6.07 Å². The molecule has 42 heavy (non-hydrogen) atoms. The van der Waals surface area contributed by atoms with E-state index >= 15 is 0 Å². The molecule has 0 amide bonds. The topological polar surface area (TPSA) is 18.5 Å². The van der Waals surface area contributed by atoms with Gasteiger partial charge in [-0.15, -0.1) is 13.2 Å². The van der Waals surface area contributed by atoms with Crippen molar-refractivity contribution in [2.24, 2.45) is 0 Å². The highest BCUT2D eigenvalue weighted by molar-refractivity contribution is 5.68. The lowest BCUT2D eigenvalue weighted by Gasteiger charge is -2.13. The van der Waals surface area contributed by atoms with Crippen LogP contribution in [0.4, 0.5) is 39.5 Å². The fraction of sp³-hybridized carbons (Fsp3) is 0.161. The summed E-state index contributed by atoms with van der Waals surface area (Å²) in [7, 11) is 0. The van der Waals surface area contributed by atoms with Crippen molar-refractivity contribution >= 4 is 5.83 Å². The molecule has 0 fully saturated rings. The number of benzene rings is 4. The highest BCUT2D eigenvalue weighted by Crippen LogP contribution is 2.34. The molecule has 0 aliphatic rings. The number of ether oxygens (including phenoxy) is 2.